The van der Waals surface area contributed by atoms with Crippen molar-refractivity contribution in [2.24, 2.45) is 0 Å². The van der Waals surface area contributed by atoms with Gasteiger partial charge in [0.05, 0.1) is 12.0 Å². The lowest BCUT2D eigenvalue weighted by Crippen LogP contribution is -1.98. The van der Waals surface area contributed by atoms with Gasteiger partial charge in [0.15, 0.2) is 11.6 Å². The summed E-state index contributed by atoms with van der Waals surface area (Å²) < 4.78 is 6.76. The van der Waals surface area contributed by atoms with Crippen molar-refractivity contribution in [3.8, 4) is 17.1 Å². The number of rotatable bonds is 4. The van der Waals surface area contributed by atoms with E-state index < -0.39 is 4.92 Å². The van der Waals surface area contributed by atoms with Crippen LogP contribution in [0.4, 0.5) is 5.69 Å². The van der Waals surface area contributed by atoms with E-state index in [9.17, 15) is 10.1 Å². The van der Waals surface area contributed by atoms with Crippen LogP contribution in [0.3, 0.4) is 0 Å². The van der Waals surface area contributed by atoms with Crippen LogP contribution in [0.5, 0.6) is 5.75 Å². The maximum atomic E-state index is 10.9. The summed E-state index contributed by atoms with van der Waals surface area (Å²) in [5.74, 6) is 0.828. The lowest BCUT2D eigenvalue weighted by Gasteiger charge is -2.05. The Kier molecular flexibility index (Phi) is 3.22. The molecule has 7 heteroatoms. The summed E-state index contributed by atoms with van der Waals surface area (Å²) in [5, 5.41) is 18.7. The fourth-order valence-electron chi connectivity index (χ4n) is 1.68. The topological polar surface area (TPSA) is 83.1 Å². The van der Waals surface area contributed by atoms with Crippen LogP contribution in [0, 0.1) is 10.1 Å². The van der Waals surface area contributed by atoms with Gasteiger partial charge in [-0.2, -0.15) is 0 Å². The summed E-state index contributed by atoms with van der Waals surface area (Å²) in [6, 6.07) is 4.72. The zero-order valence-electron chi connectivity index (χ0n) is 10.0. The van der Waals surface area contributed by atoms with Gasteiger partial charge in [0.1, 0.15) is 6.33 Å². The van der Waals surface area contributed by atoms with Crippen LogP contribution in [0.1, 0.15) is 6.92 Å². The second-order valence-corrected chi connectivity index (χ2v) is 3.58. The zero-order chi connectivity index (χ0) is 13.1. The third kappa shape index (κ3) is 2.02. The maximum Gasteiger partial charge on any atom is 0.311 e. The van der Waals surface area contributed by atoms with Crippen molar-refractivity contribution in [2.75, 3.05) is 7.11 Å². The molecule has 94 valence electrons. The Labute approximate surface area is 103 Å². The molecule has 0 bridgehead atoms. The summed E-state index contributed by atoms with van der Waals surface area (Å²) >= 11 is 0. The second-order valence-electron chi connectivity index (χ2n) is 3.58. The Balaban J connectivity index is 2.53. The first-order chi connectivity index (χ1) is 8.67. The molecule has 2 aromatic rings. The summed E-state index contributed by atoms with van der Waals surface area (Å²) in [4.78, 5) is 10.5. The lowest BCUT2D eigenvalue weighted by atomic mass is 10.1. The molecule has 0 aliphatic rings. The van der Waals surface area contributed by atoms with Gasteiger partial charge >= 0.3 is 5.69 Å². The van der Waals surface area contributed by atoms with Crippen LogP contribution < -0.4 is 4.74 Å². The van der Waals surface area contributed by atoms with Gasteiger partial charge in [-0.15, -0.1) is 10.2 Å². The van der Waals surface area contributed by atoms with Crippen molar-refractivity contribution in [1.82, 2.24) is 14.8 Å². The number of benzene rings is 1. The van der Waals surface area contributed by atoms with E-state index in [0.717, 1.165) is 0 Å². The fraction of sp³-hybridized carbons (Fsp3) is 0.273. The molecule has 1 aromatic heterocycles. The number of aromatic nitrogens is 3. The van der Waals surface area contributed by atoms with E-state index in [4.69, 9.17) is 4.74 Å². The van der Waals surface area contributed by atoms with Crippen LogP contribution in [0.2, 0.25) is 0 Å². The smallest absolute Gasteiger partial charge is 0.311 e. The Hall–Kier alpha value is -2.44. The molecule has 0 aliphatic carbocycles. The summed E-state index contributed by atoms with van der Waals surface area (Å²) in [6.45, 7) is 2.65. The minimum Gasteiger partial charge on any atom is -0.490 e. The molecule has 0 saturated heterocycles. The highest BCUT2D eigenvalue weighted by Gasteiger charge is 2.17. The van der Waals surface area contributed by atoms with Gasteiger partial charge in [-0.3, -0.25) is 10.1 Å². The Bertz CT molecular complexity index is 579. The van der Waals surface area contributed by atoms with Crippen LogP contribution in [-0.2, 0) is 6.54 Å². The summed E-state index contributed by atoms with van der Waals surface area (Å²) in [6.07, 6.45) is 1.59. The lowest BCUT2D eigenvalue weighted by molar-refractivity contribution is -0.385. The van der Waals surface area contributed by atoms with E-state index in [2.05, 4.69) is 10.2 Å². The van der Waals surface area contributed by atoms with Crippen molar-refractivity contribution in [3.63, 3.8) is 0 Å². The molecule has 0 saturated carbocycles. The summed E-state index contributed by atoms with van der Waals surface area (Å²) in [7, 11) is 1.40. The quantitative estimate of drug-likeness (QED) is 0.609. The van der Waals surface area contributed by atoms with E-state index in [0.29, 0.717) is 17.9 Å². The Morgan fingerprint density at radius 3 is 2.89 bits per heavy atom. The van der Waals surface area contributed by atoms with Gasteiger partial charge in [0, 0.05) is 18.2 Å². The molecule has 1 aromatic carbocycles. The molecule has 0 amide bonds. The number of methoxy groups -OCH3 is 1. The number of nitrogens with zero attached hydrogens (tertiary/aromatic N) is 4. The number of hydrogen-bond donors (Lipinski definition) is 0. The average Bonchev–Trinajstić information content (AvgIpc) is 2.86. The fourth-order valence-corrected chi connectivity index (χ4v) is 1.68. The van der Waals surface area contributed by atoms with Gasteiger partial charge in [0.25, 0.3) is 0 Å². The number of hydrogen-bond acceptors (Lipinski definition) is 5. The third-order valence-corrected chi connectivity index (χ3v) is 2.59. The molecule has 7 nitrogen and oxygen atoms in total. The van der Waals surface area contributed by atoms with Crippen molar-refractivity contribution < 1.29 is 9.66 Å². The first-order valence-electron chi connectivity index (χ1n) is 5.38. The molecular weight excluding hydrogens is 236 g/mol. The molecule has 1 heterocycles. The molecule has 0 N–H and O–H groups in total. The molecule has 0 fully saturated rings. The molecule has 0 unspecified atom stereocenters. The molecule has 0 aliphatic heterocycles. The SMILES string of the molecule is CCn1cnnc1-c1ccc(OC)c([N+](=O)[O-])c1. The first kappa shape index (κ1) is 12.0. The van der Waals surface area contributed by atoms with Gasteiger partial charge in [0.2, 0.25) is 0 Å². The molecule has 0 radical (unpaired) electrons. The highest BCUT2D eigenvalue weighted by Crippen LogP contribution is 2.31. The summed E-state index contributed by atoms with van der Waals surface area (Å²) in [5.41, 5.74) is 0.558. The number of aryl methyl sites for hydroxylation is 1. The van der Waals surface area contributed by atoms with Crippen molar-refractivity contribution >= 4 is 5.69 Å². The standard InChI is InChI=1S/C11H12N4O3/c1-3-14-7-12-13-11(14)8-4-5-10(18-2)9(6-8)15(16)17/h4-7H,3H2,1-2H3. The van der Waals surface area contributed by atoms with Crippen LogP contribution in [-0.4, -0.2) is 26.8 Å². The number of ether oxygens (including phenoxy) is 1. The average molecular weight is 248 g/mol. The monoisotopic (exact) mass is 248 g/mol. The van der Waals surface area contributed by atoms with Crippen molar-refractivity contribution in [1.29, 1.82) is 0 Å². The van der Waals surface area contributed by atoms with E-state index in [-0.39, 0.29) is 11.4 Å². The Morgan fingerprint density at radius 2 is 2.28 bits per heavy atom. The van der Waals surface area contributed by atoms with Gasteiger partial charge < -0.3 is 9.30 Å². The van der Waals surface area contributed by atoms with Crippen molar-refractivity contribution in [2.45, 2.75) is 13.5 Å². The highest BCUT2D eigenvalue weighted by atomic mass is 16.6. The molecule has 0 spiro atoms. The first-order valence-corrected chi connectivity index (χ1v) is 5.38. The van der Waals surface area contributed by atoms with Crippen LogP contribution in [0.15, 0.2) is 24.5 Å². The van der Waals surface area contributed by atoms with Crippen LogP contribution in [0.25, 0.3) is 11.4 Å². The van der Waals surface area contributed by atoms with E-state index in [1.807, 2.05) is 11.5 Å². The van der Waals surface area contributed by atoms with E-state index in [1.165, 1.54) is 13.2 Å². The second kappa shape index (κ2) is 4.82. The molecular formula is C11H12N4O3. The predicted octanol–water partition coefficient (Wildman–Crippen LogP) is 1.88. The predicted molar refractivity (Wildman–Crippen MR) is 64.3 cm³/mol. The van der Waals surface area contributed by atoms with Gasteiger partial charge in [-0.25, -0.2) is 0 Å². The minimum atomic E-state index is -0.477. The van der Waals surface area contributed by atoms with E-state index in [1.54, 1.807) is 18.5 Å². The van der Waals surface area contributed by atoms with Gasteiger partial charge in [-0.05, 0) is 19.1 Å². The normalized spacial score (nSPS) is 10.3. The van der Waals surface area contributed by atoms with Crippen molar-refractivity contribution in [3.05, 3.63) is 34.6 Å². The minimum absolute atomic E-state index is 0.0827. The molecule has 2 rings (SSSR count). The van der Waals surface area contributed by atoms with E-state index >= 15 is 0 Å². The molecule has 18 heavy (non-hydrogen) atoms. The number of nitro benzene ring substituents is 1. The zero-order valence-corrected chi connectivity index (χ0v) is 10.0. The largest absolute Gasteiger partial charge is 0.490 e. The molecule has 0 atom stereocenters. The highest BCUT2D eigenvalue weighted by molar-refractivity contribution is 5.63. The van der Waals surface area contributed by atoms with Crippen LogP contribution >= 0.6 is 0 Å². The number of nitro groups is 1. The third-order valence-electron chi connectivity index (χ3n) is 2.59. The maximum absolute atomic E-state index is 10.9. The van der Waals surface area contributed by atoms with Gasteiger partial charge in [-0.1, -0.05) is 0 Å². The Morgan fingerprint density at radius 1 is 1.50 bits per heavy atom.